The Morgan fingerprint density at radius 1 is 1.00 bits per heavy atom. The van der Waals surface area contributed by atoms with E-state index >= 15 is 0 Å². The molecule has 0 unspecified atom stereocenters. The van der Waals surface area contributed by atoms with Gasteiger partial charge in [-0.25, -0.2) is 0 Å². The molecule has 0 N–H and O–H groups in total. The highest BCUT2D eigenvalue weighted by atomic mass is 16.7. The minimum absolute atomic E-state index is 0.196. The summed E-state index contributed by atoms with van der Waals surface area (Å²) in [5, 5.41) is 0. The summed E-state index contributed by atoms with van der Waals surface area (Å²) in [5.41, 5.74) is 0.412. The molecule has 0 spiro atoms. The van der Waals surface area contributed by atoms with Gasteiger partial charge in [0.25, 0.3) is 0 Å². The van der Waals surface area contributed by atoms with Gasteiger partial charge in [-0.1, -0.05) is 0 Å². The lowest BCUT2D eigenvalue weighted by molar-refractivity contribution is 0.00578. The molecule has 0 bridgehead atoms. The van der Waals surface area contributed by atoms with E-state index in [9.17, 15) is 0 Å². The zero-order chi connectivity index (χ0) is 20.0. The van der Waals surface area contributed by atoms with Crippen molar-refractivity contribution in [3.05, 3.63) is 12.1 Å². The lowest BCUT2D eigenvalue weighted by atomic mass is 9.79. The maximum Gasteiger partial charge on any atom is 0.495 e. The topological polar surface area (TPSA) is 47.1 Å². The fourth-order valence-electron chi connectivity index (χ4n) is 3.50. The molecular formula is C20H34BN3O3. The van der Waals surface area contributed by atoms with Gasteiger partial charge in [0, 0.05) is 37.8 Å². The molecule has 2 aliphatic rings. The third kappa shape index (κ3) is 4.10. The van der Waals surface area contributed by atoms with Gasteiger partial charge in [0.15, 0.2) is 0 Å². The first-order valence-corrected chi connectivity index (χ1v) is 9.84. The fraction of sp³-hybridized carbons (Fsp3) is 0.750. The van der Waals surface area contributed by atoms with Crippen molar-refractivity contribution >= 4 is 18.4 Å². The van der Waals surface area contributed by atoms with E-state index in [4.69, 9.17) is 14.0 Å². The molecule has 150 valence electrons. The highest BCUT2D eigenvalue weighted by molar-refractivity contribution is 6.62. The Morgan fingerprint density at radius 3 is 2.04 bits per heavy atom. The lowest BCUT2D eigenvalue weighted by Crippen LogP contribution is -2.53. The number of methoxy groups -OCH3 is 1. The Balaban J connectivity index is 1.81. The van der Waals surface area contributed by atoms with Crippen LogP contribution in [0.5, 0.6) is 5.88 Å². The van der Waals surface area contributed by atoms with Crippen LogP contribution in [0.2, 0.25) is 0 Å². The van der Waals surface area contributed by atoms with Gasteiger partial charge in [0.1, 0.15) is 5.82 Å². The molecule has 0 amide bonds. The fourth-order valence-corrected chi connectivity index (χ4v) is 3.50. The van der Waals surface area contributed by atoms with Crippen LogP contribution in [-0.2, 0) is 9.31 Å². The molecule has 0 aliphatic carbocycles. The van der Waals surface area contributed by atoms with Crippen molar-refractivity contribution in [2.75, 3.05) is 38.2 Å². The van der Waals surface area contributed by atoms with E-state index in [-0.39, 0.29) is 16.7 Å². The van der Waals surface area contributed by atoms with Crippen molar-refractivity contribution in [3.8, 4) is 5.88 Å². The summed E-state index contributed by atoms with van der Waals surface area (Å²) in [6.07, 6.45) is 0. The number of ether oxygens (including phenoxy) is 1. The standard InChI is InChI=1S/C20H34BN3O3/c1-18(2,3)24-11-9-23(10-12-24)16-13-15(14-17(22-16)25-8)21-26-19(4,5)20(6,7)27-21/h13-14H,9-12H2,1-8H3. The van der Waals surface area contributed by atoms with Gasteiger partial charge < -0.3 is 18.9 Å². The molecule has 0 aromatic carbocycles. The van der Waals surface area contributed by atoms with Crippen LogP contribution in [0.4, 0.5) is 5.82 Å². The normalized spacial score (nSPS) is 23.0. The predicted molar refractivity (Wildman–Crippen MR) is 110 cm³/mol. The number of piperazine rings is 1. The van der Waals surface area contributed by atoms with E-state index in [1.165, 1.54) is 0 Å². The molecule has 2 fully saturated rings. The summed E-state index contributed by atoms with van der Waals surface area (Å²) in [7, 11) is 1.24. The first-order chi connectivity index (χ1) is 12.4. The van der Waals surface area contributed by atoms with Gasteiger partial charge in [-0.05, 0) is 60.0 Å². The number of hydrogen-bond acceptors (Lipinski definition) is 6. The van der Waals surface area contributed by atoms with Crippen molar-refractivity contribution in [1.82, 2.24) is 9.88 Å². The van der Waals surface area contributed by atoms with E-state index in [1.807, 2.05) is 6.07 Å². The number of hydrogen-bond donors (Lipinski definition) is 0. The molecule has 0 saturated carbocycles. The molecule has 27 heavy (non-hydrogen) atoms. The van der Waals surface area contributed by atoms with Crippen LogP contribution < -0.4 is 15.1 Å². The van der Waals surface area contributed by atoms with E-state index in [2.05, 4.69) is 69.3 Å². The second-order valence-corrected chi connectivity index (χ2v) is 9.53. The lowest BCUT2D eigenvalue weighted by Gasteiger charge is -2.42. The Hall–Kier alpha value is -1.31. The van der Waals surface area contributed by atoms with Crippen molar-refractivity contribution < 1.29 is 14.0 Å². The molecule has 6 nitrogen and oxygen atoms in total. The van der Waals surface area contributed by atoms with E-state index in [0.717, 1.165) is 37.5 Å². The average Bonchev–Trinajstić information content (AvgIpc) is 2.81. The number of aromatic nitrogens is 1. The SMILES string of the molecule is COc1cc(B2OC(C)(C)C(C)(C)O2)cc(N2CCN(C(C)(C)C)CC2)n1. The zero-order valence-corrected chi connectivity index (χ0v) is 18.1. The van der Waals surface area contributed by atoms with E-state index < -0.39 is 7.12 Å². The molecule has 0 atom stereocenters. The number of pyridine rings is 1. The molecule has 3 heterocycles. The summed E-state index contributed by atoms with van der Waals surface area (Å²) < 4.78 is 17.9. The zero-order valence-electron chi connectivity index (χ0n) is 18.1. The van der Waals surface area contributed by atoms with Crippen molar-refractivity contribution in [3.63, 3.8) is 0 Å². The highest BCUT2D eigenvalue weighted by Crippen LogP contribution is 2.36. The first kappa shape index (κ1) is 20.4. The van der Waals surface area contributed by atoms with Crippen molar-refractivity contribution in [1.29, 1.82) is 0 Å². The molecule has 3 rings (SSSR count). The third-order valence-electron chi connectivity index (χ3n) is 6.10. The average molecular weight is 375 g/mol. The van der Waals surface area contributed by atoms with Gasteiger partial charge in [0.2, 0.25) is 5.88 Å². The van der Waals surface area contributed by atoms with Crippen LogP contribution in [0.15, 0.2) is 12.1 Å². The molecule has 1 aromatic rings. The molecule has 2 saturated heterocycles. The van der Waals surface area contributed by atoms with Gasteiger partial charge in [-0.3, -0.25) is 4.90 Å². The van der Waals surface area contributed by atoms with Crippen LogP contribution in [-0.4, -0.2) is 67.0 Å². The van der Waals surface area contributed by atoms with Crippen LogP contribution in [0.25, 0.3) is 0 Å². The molecule has 2 aliphatic heterocycles. The summed E-state index contributed by atoms with van der Waals surface area (Å²) in [5.74, 6) is 1.52. The quantitative estimate of drug-likeness (QED) is 0.756. The van der Waals surface area contributed by atoms with Crippen LogP contribution in [0.3, 0.4) is 0 Å². The second kappa shape index (κ2) is 6.94. The second-order valence-electron chi connectivity index (χ2n) is 9.53. The number of nitrogens with zero attached hydrogens (tertiary/aromatic N) is 3. The van der Waals surface area contributed by atoms with E-state index in [0.29, 0.717) is 5.88 Å². The molecule has 0 radical (unpaired) electrons. The van der Waals surface area contributed by atoms with Crippen LogP contribution >= 0.6 is 0 Å². The summed E-state index contributed by atoms with van der Waals surface area (Å²) in [4.78, 5) is 9.51. The van der Waals surface area contributed by atoms with Gasteiger partial charge in [0.05, 0.1) is 18.3 Å². The monoisotopic (exact) mass is 375 g/mol. The predicted octanol–water partition coefficient (Wildman–Crippen LogP) is 2.31. The molecule has 7 heteroatoms. The minimum Gasteiger partial charge on any atom is -0.481 e. The maximum atomic E-state index is 6.22. The Morgan fingerprint density at radius 2 is 1.56 bits per heavy atom. The van der Waals surface area contributed by atoms with Crippen LogP contribution in [0, 0.1) is 0 Å². The minimum atomic E-state index is -0.415. The van der Waals surface area contributed by atoms with Gasteiger partial charge in [-0.2, -0.15) is 4.98 Å². The van der Waals surface area contributed by atoms with Gasteiger partial charge in [-0.15, -0.1) is 0 Å². The Kier molecular flexibility index (Phi) is 5.25. The summed E-state index contributed by atoms with van der Waals surface area (Å²) >= 11 is 0. The highest BCUT2D eigenvalue weighted by Gasteiger charge is 2.52. The van der Waals surface area contributed by atoms with E-state index in [1.54, 1.807) is 7.11 Å². The number of anilines is 1. The Labute approximate surface area is 164 Å². The first-order valence-electron chi connectivity index (χ1n) is 9.84. The Bertz CT molecular complexity index is 664. The largest absolute Gasteiger partial charge is 0.495 e. The van der Waals surface area contributed by atoms with Crippen molar-refractivity contribution in [2.24, 2.45) is 0 Å². The molecule has 1 aromatic heterocycles. The summed E-state index contributed by atoms with van der Waals surface area (Å²) in [6, 6.07) is 3.99. The molecular weight excluding hydrogens is 341 g/mol. The summed E-state index contributed by atoms with van der Waals surface area (Å²) in [6.45, 7) is 19.0. The number of rotatable bonds is 3. The smallest absolute Gasteiger partial charge is 0.481 e. The van der Waals surface area contributed by atoms with Crippen molar-refractivity contribution in [2.45, 2.75) is 65.2 Å². The van der Waals surface area contributed by atoms with Crippen LogP contribution in [0.1, 0.15) is 48.5 Å². The third-order valence-corrected chi connectivity index (χ3v) is 6.10. The van der Waals surface area contributed by atoms with Gasteiger partial charge >= 0.3 is 7.12 Å². The maximum absolute atomic E-state index is 6.22.